The van der Waals surface area contributed by atoms with Crippen molar-refractivity contribution in [2.24, 2.45) is 0 Å². The fourth-order valence-corrected chi connectivity index (χ4v) is 4.02. The van der Waals surface area contributed by atoms with Gasteiger partial charge < -0.3 is 14.6 Å². The highest BCUT2D eigenvalue weighted by molar-refractivity contribution is 6.07. The van der Waals surface area contributed by atoms with Crippen LogP contribution in [0.3, 0.4) is 0 Å². The summed E-state index contributed by atoms with van der Waals surface area (Å²) < 4.78 is 5.15. The van der Waals surface area contributed by atoms with E-state index in [0.717, 1.165) is 10.6 Å². The molecule has 1 aromatic heterocycles. The number of amides is 5. The van der Waals surface area contributed by atoms with Gasteiger partial charge in [0.25, 0.3) is 17.7 Å². The summed E-state index contributed by atoms with van der Waals surface area (Å²) in [5.74, 6) is -0.837. The Kier molecular flexibility index (Phi) is 6.45. The van der Waals surface area contributed by atoms with E-state index in [0.29, 0.717) is 39.0 Å². The Morgan fingerprint density at radius 2 is 1.79 bits per heavy atom. The number of nitrogens with zero attached hydrogens (tertiary/aromatic N) is 3. The molecule has 5 amide bonds. The number of imide groups is 1. The highest BCUT2D eigenvalue weighted by Gasteiger charge is 2.48. The van der Waals surface area contributed by atoms with E-state index in [2.05, 4.69) is 10.7 Å². The molecule has 2 aromatic rings. The fraction of sp³-hybridized carbons (Fsp3) is 0.391. The van der Waals surface area contributed by atoms with Gasteiger partial charge in [-0.3, -0.25) is 24.7 Å². The molecule has 0 saturated carbocycles. The fourth-order valence-electron chi connectivity index (χ4n) is 4.02. The minimum atomic E-state index is -1.09. The Balaban J connectivity index is 1.26. The molecule has 2 aliphatic rings. The summed E-state index contributed by atoms with van der Waals surface area (Å²) >= 11 is 0. The number of urea groups is 1. The van der Waals surface area contributed by atoms with Crippen LogP contribution in [0.1, 0.15) is 29.5 Å². The average molecular weight is 453 g/mol. The number of hydrogen-bond acceptors (Lipinski definition) is 6. The second-order valence-electron chi connectivity index (χ2n) is 8.47. The number of furan rings is 1. The molecule has 0 bridgehead atoms. The van der Waals surface area contributed by atoms with Crippen LogP contribution < -0.4 is 10.7 Å². The molecule has 10 heteroatoms. The van der Waals surface area contributed by atoms with E-state index in [4.69, 9.17) is 4.42 Å². The minimum Gasteiger partial charge on any atom is -0.459 e. The molecule has 4 rings (SSSR count). The van der Waals surface area contributed by atoms with Crippen molar-refractivity contribution >= 4 is 23.8 Å². The van der Waals surface area contributed by atoms with Gasteiger partial charge in [-0.1, -0.05) is 30.3 Å². The molecule has 33 heavy (non-hydrogen) atoms. The van der Waals surface area contributed by atoms with E-state index in [-0.39, 0.29) is 18.2 Å². The van der Waals surface area contributed by atoms with Gasteiger partial charge in [-0.25, -0.2) is 4.79 Å². The number of nitrogens with one attached hydrogen (secondary N) is 2. The van der Waals surface area contributed by atoms with Crippen LogP contribution in [0.4, 0.5) is 4.79 Å². The van der Waals surface area contributed by atoms with Crippen molar-refractivity contribution in [2.45, 2.75) is 25.3 Å². The summed E-state index contributed by atoms with van der Waals surface area (Å²) in [5.41, 5.74) is 2.41. The Bertz CT molecular complexity index is 1020. The van der Waals surface area contributed by atoms with Gasteiger partial charge in [0.05, 0.1) is 12.8 Å². The summed E-state index contributed by atoms with van der Waals surface area (Å²) in [5, 5.41) is 3.46. The summed E-state index contributed by atoms with van der Waals surface area (Å²) in [6.45, 7) is 3.57. The molecule has 3 heterocycles. The third-order valence-electron chi connectivity index (χ3n) is 6.01. The first-order chi connectivity index (χ1) is 15.9. The highest BCUT2D eigenvalue weighted by atomic mass is 16.3. The van der Waals surface area contributed by atoms with E-state index < -0.39 is 23.4 Å². The van der Waals surface area contributed by atoms with Crippen molar-refractivity contribution in [3.63, 3.8) is 0 Å². The molecule has 2 fully saturated rings. The van der Waals surface area contributed by atoms with E-state index >= 15 is 0 Å². The quantitative estimate of drug-likeness (QED) is 0.605. The first-order valence-corrected chi connectivity index (χ1v) is 10.9. The van der Waals surface area contributed by atoms with Crippen LogP contribution in [-0.4, -0.2) is 76.8 Å². The lowest BCUT2D eigenvalue weighted by atomic mass is 9.93. The summed E-state index contributed by atoms with van der Waals surface area (Å²) in [7, 11) is 0. The standard InChI is InChI=1S/C23H27N5O5/c1-23(10-9-17-6-3-2-4-7-17)21(31)28(22(32)24-23)25-19(29)16-26-11-13-27(14-12-26)20(30)18-8-5-15-33-18/h2-8,15H,9-14,16H2,1H3,(H,24,32)(H,25,29)/t23-/m1/s1. The van der Waals surface area contributed by atoms with Crippen molar-refractivity contribution in [3.8, 4) is 0 Å². The third-order valence-corrected chi connectivity index (χ3v) is 6.01. The van der Waals surface area contributed by atoms with Gasteiger partial charge >= 0.3 is 6.03 Å². The number of carbonyl (C=O) groups is 4. The predicted molar refractivity (Wildman–Crippen MR) is 118 cm³/mol. The van der Waals surface area contributed by atoms with Gasteiger partial charge in [-0.15, -0.1) is 0 Å². The summed E-state index contributed by atoms with van der Waals surface area (Å²) in [6.07, 6.45) is 2.49. The molecule has 0 unspecified atom stereocenters. The second kappa shape index (κ2) is 9.45. The van der Waals surface area contributed by atoms with Gasteiger partial charge in [-0.2, -0.15) is 5.01 Å². The first-order valence-electron chi connectivity index (χ1n) is 10.9. The normalized spacial score (nSPS) is 21.2. The van der Waals surface area contributed by atoms with E-state index in [1.807, 2.05) is 35.2 Å². The van der Waals surface area contributed by atoms with Crippen molar-refractivity contribution < 1.29 is 23.6 Å². The third kappa shape index (κ3) is 5.06. The Morgan fingerprint density at radius 3 is 2.45 bits per heavy atom. The van der Waals surface area contributed by atoms with Gasteiger partial charge in [0.15, 0.2) is 5.76 Å². The molecule has 0 aliphatic carbocycles. The maximum absolute atomic E-state index is 12.9. The number of carbonyl (C=O) groups excluding carboxylic acids is 4. The van der Waals surface area contributed by atoms with E-state index in [1.54, 1.807) is 24.0 Å². The molecule has 1 atom stereocenters. The van der Waals surface area contributed by atoms with Crippen LogP contribution in [0.5, 0.6) is 0 Å². The maximum Gasteiger partial charge on any atom is 0.344 e. The molecule has 2 N–H and O–H groups in total. The van der Waals surface area contributed by atoms with Crippen molar-refractivity contribution in [3.05, 3.63) is 60.1 Å². The lowest BCUT2D eigenvalue weighted by Gasteiger charge is -2.34. The second-order valence-corrected chi connectivity index (χ2v) is 8.47. The smallest absolute Gasteiger partial charge is 0.344 e. The monoisotopic (exact) mass is 453 g/mol. The molecular weight excluding hydrogens is 426 g/mol. The average Bonchev–Trinajstić information content (AvgIpc) is 3.42. The van der Waals surface area contributed by atoms with Gasteiger partial charge in [0.1, 0.15) is 5.54 Å². The predicted octanol–water partition coefficient (Wildman–Crippen LogP) is 1.01. The Morgan fingerprint density at radius 1 is 1.06 bits per heavy atom. The molecule has 1 aromatic carbocycles. The highest BCUT2D eigenvalue weighted by Crippen LogP contribution is 2.22. The van der Waals surface area contributed by atoms with Crippen molar-refractivity contribution in [1.82, 2.24) is 25.6 Å². The van der Waals surface area contributed by atoms with Crippen LogP contribution in [0.15, 0.2) is 53.1 Å². The van der Waals surface area contributed by atoms with Gasteiger partial charge in [0.2, 0.25) is 0 Å². The minimum absolute atomic E-state index is 0.0145. The zero-order valence-corrected chi connectivity index (χ0v) is 18.5. The first kappa shape index (κ1) is 22.5. The SMILES string of the molecule is C[C@]1(CCc2ccccc2)NC(=O)N(NC(=O)CN2CCN(C(=O)c3ccco3)CC2)C1=O. The van der Waals surface area contributed by atoms with Crippen LogP contribution >= 0.6 is 0 Å². The summed E-state index contributed by atoms with van der Waals surface area (Å²) in [4.78, 5) is 53.7. The van der Waals surface area contributed by atoms with E-state index in [9.17, 15) is 19.2 Å². The topological polar surface area (TPSA) is 115 Å². The van der Waals surface area contributed by atoms with Crippen LogP contribution in [-0.2, 0) is 16.0 Å². The van der Waals surface area contributed by atoms with Crippen molar-refractivity contribution in [1.29, 1.82) is 0 Å². The Hall–Kier alpha value is -3.66. The summed E-state index contributed by atoms with van der Waals surface area (Å²) in [6, 6.07) is 12.3. The van der Waals surface area contributed by atoms with Gasteiger partial charge in [-0.05, 0) is 37.5 Å². The molecular formula is C23H27N5O5. The maximum atomic E-state index is 12.9. The largest absolute Gasteiger partial charge is 0.459 e. The molecule has 2 saturated heterocycles. The Labute approximate surface area is 191 Å². The van der Waals surface area contributed by atoms with Crippen LogP contribution in [0.25, 0.3) is 0 Å². The van der Waals surface area contributed by atoms with E-state index in [1.165, 1.54) is 6.26 Å². The molecule has 10 nitrogen and oxygen atoms in total. The number of hydrazine groups is 1. The zero-order valence-electron chi connectivity index (χ0n) is 18.5. The van der Waals surface area contributed by atoms with Gasteiger partial charge in [0, 0.05) is 26.2 Å². The molecule has 174 valence electrons. The zero-order chi connectivity index (χ0) is 23.4. The molecule has 0 radical (unpaired) electrons. The van der Waals surface area contributed by atoms with Crippen LogP contribution in [0.2, 0.25) is 0 Å². The number of benzene rings is 1. The number of rotatable bonds is 7. The number of aryl methyl sites for hydroxylation is 1. The van der Waals surface area contributed by atoms with Crippen molar-refractivity contribution in [2.75, 3.05) is 32.7 Å². The lowest BCUT2D eigenvalue weighted by Crippen LogP contribution is -2.54. The number of piperazine rings is 1. The number of hydrogen-bond donors (Lipinski definition) is 2. The molecule has 2 aliphatic heterocycles. The van der Waals surface area contributed by atoms with Crippen LogP contribution in [0, 0.1) is 0 Å². The lowest BCUT2D eigenvalue weighted by molar-refractivity contribution is -0.139. The molecule has 0 spiro atoms.